The molecule has 1 amide bonds. The molecule has 1 aromatic carbocycles. The topological polar surface area (TPSA) is 32.3 Å². The van der Waals surface area contributed by atoms with Gasteiger partial charge >= 0.3 is 0 Å². The molecule has 1 saturated heterocycles. The maximum absolute atomic E-state index is 12.2. The number of amides is 1. The van der Waals surface area contributed by atoms with E-state index in [0.29, 0.717) is 5.92 Å². The van der Waals surface area contributed by atoms with Gasteiger partial charge in [-0.05, 0) is 43.0 Å². The monoisotopic (exact) mass is 352 g/mol. The molecule has 3 nitrogen and oxygen atoms in total. The fraction of sp³-hybridized carbons (Fsp3) is 0.588. The van der Waals surface area contributed by atoms with Crippen molar-refractivity contribution in [2.75, 3.05) is 19.6 Å². The lowest BCUT2D eigenvalue weighted by Gasteiger charge is -2.32. The minimum atomic E-state index is 0.146. The molecule has 0 saturated carbocycles. The van der Waals surface area contributed by atoms with Crippen molar-refractivity contribution in [2.24, 2.45) is 11.8 Å². The van der Waals surface area contributed by atoms with Crippen LogP contribution in [-0.2, 0) is 11.3 Å². The van der Waals surface area contributed by atoms with E-state index in [0.717, 1.165) is 43.5 Å². The number of carbonyl (C=O) groups excluding carboxylic acids is 1. The van der Waals surface area contributed by atoms with E-state index in [-0.39, 0.29) is 11.8 Å². The number of benzene rings is 1. The average Bonchev–Trinajstić information content (AvgIpc) is 2.47. The molecule has 4 heteroatoms. The summed E-state index contributed by atoms with van der Waals surface area (Å²) in [6, 6.07) is 8.44. The molecule has 1 aliphatic rings. The van der Waals surface area contributed by atoms with Gasteiger partial charge in [-0.25, -0.2) is 0 Å². The van der Waals surface area contributed by atoms with E-state index in [1.807, 2.05) is 0 Å². The van der Waals surface area contributed by atoms with E-state index in [1.165, 1.54) is 5.56 Å². The normalized spacial score (nSPS) is 19.7. The summed E-state index contributed by atoms with van der Waals surface area (Å²) in [7, 11) is 0. The lowest BCUT2D eigenvalue weighted by Crippen LogP contribution is -2.43. The first-order valence-electron chi connectivity index (χ1n) is 7.79. The number of hydrogen-bond acceptors (Lipinski definition) is 2. The molecule has 21 heavy (non-hydrogen) atoms. The molecule has 1 aliphatic heterocycles. The van der Waals surface area contributed by atoms with Crippen molar-refractivity contribution in [1.29, 1.82) is 0 Å². The highest BCUT2D eigenvalue weighted by Gasteiger charge is 2.25. The largest absolute Gasteiger partial charge is 0.356 e. The third-order valence-electron chi connectivity index (χ3n) is 3.88. The van der Waals surface area contributed by atoms with Crippen molar-refractivity contribution >= 4 is 21.8 Å². The molecule has 0 aromatic heterocycles. The maximum atomic E-state index is 12.2. The second-order valence-electron chi connectivity index (χ2n) is 6.34. The van der Waals surface area contributed by atoms with Crippen LogP contribution in [0.2, 0.25) is 0 Å². The van der Waals surface area contributed by atoms with Crippen LogP contribution in [0.15, 0.2) is 28.7 Å². The Morgan fingerprint density at radius 2 is 2.10 bits per heavy atom. The number of halogens is 1. The average molecular weight is 353 g/mol. The van der Waals surface area contributed by atoms with E-state index in [2.05, 4.69) is 64.3 Å². The van der Waals surface area contributed by atoms with Gasteiger partial charge in [0, 0.05) is 24.1 Å². The molecular weight excluding hydrogens is 328 g/mol. The Kier molecular flexibility index (Phi) is 6.24. The van der Waals surface area contributed by atoms with Gasteiger partial charge in [-0.15, -0.1) is 0 Å². The molecule has 2 rings (SSSR count). The van der Waals surface area contributed by atoms with E-state index in [9.17, 15) is 4.79 Å². The maximum Gasteiger partial charge on any atom is 0.224 e. The van der Waals surface area contributed by atoms with Crippen LogP contribution in [0, 0.1) is 11.8 Å². The number of carbonyl (C=O) groups is 1. The SMILES string of the molecule is CC(C)CNC(=O)C1CCCN(Cc2ccc(Br)cc2)C1. The van der Waals surface area contributed by atoms with Crippen LogP contribution in [0.1, 0.15) is 32.3 Å². The van der Waals surface area contributed by atoms with Crippen molar-refractivity contribution in [1.82, 2.24) is 10.2 Å². The summed E-state index contributed by atoms with van der Waals surface area (Å²) in [6.45, 7) is 7.93. The zero-order valence-corrected chi connectivity index (χ0v) is 14.5. The quantitative estimate of drug-likeness (QED) is 0.880. The molecule has 1 fully saturated rings. The molecule has 1 aromatic rings. The molecule has 0 bridgehead atoms. The first-order chi connectivity index (χ1) is 10.0. The second kappa shape index (κ2) is 7.95. The van der Waals surface area contributed by atoms with Crippen LogP contribution in [-0.4, -0.2) is 30.4 Å². The smallest absolute Gasteiger partial charge is 0.224 e. The number of rotatable bonds is 5. The Balaban J connectivity index is 1.85. The predicted molar refractivity (Wildman–Crippen MR) is 90.0 cm³/mol. The Morgan fingerprint density at radius 1 is 1.38 bits per heavy atom. The predicted octanol–water partition coefficient (Wildman–Crippen LogP) is 3.43. The Labute approximate surface area is 136 Å². The molecular formula is C17H25BrN2O. The minimum Gasteiger partial charge on any atom is -0.356 e. The van der Waals surface area contributed by atoms with Gasteiger partial charge in [0.2, 0.25) is 5.91 Å². The Morgan fingerprint density at radius 3 is 2.76 bits per heavy atom. The molecule has 0 radical (unpaired) electrons. The van der Waals surface area contributed by atoms with E-state index in [1.54, 1.807) is 0 Å². The lowest BCUT2D eigenvalue weighted by atomic mass is 9.96. The van der Waals surface area contributed by atoms with Gasteiger partial charge in [0.05, 0.1) is 5.92 Å². The summed E-state index contributed by atoms with van der Waals surface area (Å²) >= 11 is 3.46. The zero-order valence-electron chi connectivity index (χ0n) is 12.9. The number of likely N-dealkylation sites (tertiary alicyclic amines) is 1. The van der Waals surface area contributed by atoms with Crippen molar-refractivity contribution in [3.8, 4) is 0 Å². The summed E-state index contributed by atoms with van der Waals surface area (Å²) in [5, 5.41) is 3.07. The van der Waals surface area contributed by atoms with Crippen molar-refractivity contribution in [2.45, 2.75) is 33.2 Å². The number of nitrogens with zero attached hydrogens (tertiary/aromatic N) is 1. The second-order valence-corrected chi connectivity index (χ2v) is 7.26. The van der Waals surface area contributed by atoms with Crippen LogP contribution in [0.4, 0.5) is 0 Å². The summed E-state index contributed by atoms with van der Waals surface area (Å²) < 4.78 is 1.11. The number of nitrogens with one attached hydrogen (secondary N) is 1. The van der Waals surface area contributed by atoms with Gasteiger partial charge in [-0.2, -0.15) is 0 Å². The van der Waals surface area contributed by atoms with Crippen LogP contribution in [0.3, 0.4) is 0 Å². The minimum absolute atomic E-state index is 0.146. The van der Waals surface area contributed by atoms with Gasteiger partial charge < -0.3 is 5.32 Å². The third kappa shape index (κ3) is 5.44. The number of piperidine rings is 1. The van der Waals surface area contributed by atoms with Crippen molar-refractivity contribution in [3.05, 3.63) is 34.3 Å². The highest BCUT2D eigenvalue weighted by atomic mass is 79.9. The fourth-order valence-corrected chi connectivity index (χ4v) is 2.97. The Hall–Kier alpha value is -0.870. The highest BCUT2D eigenvalue weighted by Crippen LogP contribution is 2.19. The molecule has 1 N–H and O–H groups in total. The summed E-state index contributed by atoms with van der Waals surface area (Å²) in [4.78, 5) is 14.6. The van der Waals surface area contributed by atoms with Crippen LogP contribution < -0.4 is 5.32 Å². The third-order valence-corrected chi connectivity index (χ3v) is 4.41. The lowest BCUT2D eigenvalue weighted by molar-refractivity contribution is -0.126. The molecule has 1 heterocycles. The van der Waals surface area contributed by atoms with Crippen molar-refractivity contribution in [3.63, 3.8) is 0 Å². The van der Waals surface area contributed by atoms with Crippen LogP contribution in [0.25, 0.3) is 0 Å². The first kappa shape index (κ1) is 16.5. The molecule has 116 valence electrons. The molecule has 1 atom stereocenters. The first-order valence-corrected chi connectivity index (χ1v) is 8.58. The summed E-state index contributed by atoms with van der Waals surface area (Å²) in [5.41, 5.74) is 1.31. The van der Waals surface area contributed by atoms with Gasteiger partial charge in [0.25, 0.3) is 0 Å². The Bertz CT molecular complexity index is 458. The van der Waals surface area contributed by atoms with Gasteiger partial charge in [-0.1, -0.05) is 41.9 Å². The van der Waals surface area contributed by atoms with E-state index >= 15 is 0 Å². The molecule has 1 unspecified atom stereocenters. The summed E-state index contributed by atoms with van der Waals surface area (Å²) in [5.74, 6) is 0.883. The van der Waals surface area contributed by atoms with Gasteiger partial charge in [0.1, 0.15) is 0 Å². The van der Waals surface area contributed by atoms with Gasteiger partial charge in [-0.3, -0.25) is 9.69 Å². The van der Waals surface area contributed by atoms with E-state index < -0.39 is 0 Å². The number of hydrogen-bond donors (Lipinski definition) is 1. The van der Waals surface area contributed by atoms with Crippen molar-refractivity contribution < 1.29 is 4.79 Å². The molecule has 0 aliphatic carbocycles. The highest BCUT2D eigenvalue weighted by molar-refractivity contribution is 9.10. The van der Waals surface area contributed by atoms with Crippen LogP contribution >= 0.6 is 15.9 Å². The standard InChI is InChI=1S/C17H25BrN2O/c1-13(2)10-19-17(21)15-4-3-9-20(12-15)11-14-5-7-16(18)8-6-14/h5-8,13,15H,3-4,9-12H2,1-2H3,(H,19,21). The van der Waals surface area contributed by atoms with E-state index in [4.69, 9.17) is 0 Å². The fourth-order valence-electron chi connectivity index (χ4n) is 2.71. The summed E-state index contributed by atoms with van der Waals surface area (Å²) in [6.07, 6.45) is 2.12. The zero-order chi connectivity index (χ0) is 15.2. The van der Waals surface area contributed by atoms with Crippen LogP contribution in [0.5, 0.6) is 0 Å². The van der Waals surface area contributed by atoms with Gasteiger partial charge in [0.15, 0.2) is 0 Å². The molecule has 0 spiro atoms.